The van der Waals surface area contributed by atoms with Gasteiger partial charge in [-0.2, -0.15) is 0 Å². The predicted molar refractivity (Wildman–Crippen MR) is 84.3 cm³/mol. The van der Waals surface area contributed by atoms with Crippen LogP contribution in [0.5, 0.6) is 0 Å². The van der Waals surface area contributed by atoms with Crippen LogP contribution in [0.25, 0.3) is 0 Å². The molecule has 0 aromatic heterocycles. The van der Waals surface area contributed by atoms with E-state index in [1.54, 1.807) is 17.0 Å². The van der Waals surface area contributed by atoms with Crippen LogP contribution < -0.4 is 4.90 Å². The molecule has 0 aliphatic rings. The van der Waals surface area contributed by atoms with E-state index in [0.717, 1.165) is 15.7 Å². The van der Waals surface area contributed by atoms with E-state index >= 15 is 0 Å². The molecule has 2 aromatic carbocycles. The molecule has 0 fully saturated rings. The van der Waals surface area contributed by atoms with Gasteiger partial charge in [0.1, 0.15) is 6.54 Å². The van der Waals surface area contributed by atoms with E-state index in [1.165, 1.54) is 0 Å². The smallest absolute Gasteiger partial charge is 0.323 e. The average molecular weight is 355 g/mol. The van der Waals surface area contributed by atoms with E-state index < -0.39 is 5.97 Å². The van der Waals surface area contributed by atoms with Gasteiger partial charge in [-0.15, -0.1) is 0 Å². The lowest BCUT2D eigenvalue weighted by Crippen LogP contribution is -2.29. The van der Waals surface area contributed by atoms with Gasteiger partial charge in [0, 0.05) is 21.7 Å². The predicted octanol–water partition coefficient (Wildman–Crippen LogP) is 4.19. The molecule has 0 saturated heterocycles. The molecular formula is C15H13BrClNO2. The van der Waals surface area contributed by atoms with Crippen LogP contribution in [-0.4, -0.2) is 17.6 Å². The van der Waals surface area contributed by atoms with E-state index in [4.69, 9.17) is 16.7 Å². The summed E-state index contributed by atoms with van der Waals surface area (Å²) in [5.74, 6) is -0.878. The van der Waals surface area contributed by atoms with Gasteiger partial charge in [-0.1, -0.05) is 51.8 Å². The normalized spacial score (nSPS) is 10.3. The minimum Gasteiger partial charge on any atom is -0.480 e. The van der Waals surface area contributed by atoms with Crippen molar-refractivity contribution in [3.8, 4) is 0 Å². The summed E-state index contributed by atoms with van der Waals surface area (Å²) in [4.78, 5) is 12.8. The Kier molecular flexibility index (Phi) is 5.04. The summed E-state index contributed by atoms with van der Waals surface area (Å²) in [7, 11) is 0. The van der Waals surface area contributed by atoms with Gasteiger partial charge in [0.05, 0.1) is 0 Å². The van der Waals surface area contributed by atoms with Crippen LogP contribution in [0.1, 0.15) is 5.56 Å². The highest BCUT2D eigenvalue weighted by Crippen LogP contribution is 2.24. The lowest BCUT2D eigenvalue weighted by Gasteiger charge is -2.23. The van der Waals surface area contributed by atoms with Crippen LogP contribution in [-0.2, 0) is 11.3 Å². The second kappa shape index (κ2) is 6.77. The number of anilines is 1. The number of aliphatic carboxylic acids is 1. The van der Waals surface area contributed by atoms with Crippen molar-refractivity contribution in [3.63, 3.8) is 0 Å². The van der Waals surface area contributed by atoms with Gasteiger partial charge >= 0.3 is 5.97 Å². The maximum Gasteiger partial charge on any atom is 0.323 e. The molecule has 0 saturated carbocycles. The van der Waals surface area contributed by atoms with Crippen LogP contribution in [0.4, 0.5) is 5.69 Å². The third-order valence-corrected chi connectivity index (χ3v) is 3.83. The van der Waals surface area contributed by atoms with Gasteiger partial charge in [0.25, 0.3) is 0 Å². The number of nitrogens with zero attached hydrogens (tertiary/aromatic N) is 1. The van der Waals surface area contributed by atoms with E-state index in [1.807, 2.05) is 36.4 Å². The zero-order valence-electron chi connectivity index (χ0n) is 10.6. The number of carboxylic acids is 1. The van der Waals surface area contributed by atoms with Crippen molar-refractivity contribution in [2.45, 2.75) is 6.54 Å². The number of carbonyl (C=O) groups is 1. The Labute approximate surface area is 130 Å². The minimum atomic E-state index is -0.878. The van der Waals surface area contributed by atoms with Crippen molar-refractivity contribution in [1.29, 1.82) is 0 Å². The number of hydrogen-bond donors (Lipinski definition) is 1. The largest absolute Gasteiger partial charge is 0.480 e. The first-order chi connectivity index (χ1) is 9.56. The van der Waals surface area contributed by atoms with Crippen molar-refractivity contribution >= 4 is 39.2 Å². The molecule has 0 spiro atoms. The molecule has 2 aromatic rings. The Morgan fingerprint density at radius 3 is 2.60 bits per heavy atom. The monoisotopic (exact) mass is 353 g/mol. The Hall–Kier alpha value is -1.52. The highest BCUT2D eigenvalue weighted by atomic mass is 79.9. The van der Waals surface area contributed by atoms with Crippen LogP contribution >= 0.6 is 27.5 Å². The van der Waals surface area contributed by atoms with E-state index in [9.17, 15) is 4.79 Å². The molecule has 0 atom stereocenters. The van der Waals surface area contributed by atoms with Crippen molar-refractivity contribution < 1.29 is 9.90 Å². The van der Waals surface area contributed by atoms with Gasteiger partial charge < -0.3 is 10.0 Å². The number of halogens is 2. The quantitative estimate of drug-likeness (QED) is 0.875. The summed E-state index contributed by atoms with van der Waals surface area (Å²) >= 11 is 9.45. The summed E-state index contributed by atoms with van der Waals surface area (Å²) in [5, 5.41) is 9.66. The molecule has 104 valence electrons. The fourth-order valence-electron chi connectivity index (χ4n) is 1.91. The van der Waals surface area contributed by atoms with Crippen molar-refractivity contribution in [2.75, 3.05) is 11.4 Å². The summed E-state index contributed by atoms with van der Waals surface area (Å²) in [5.41, 5.74) is 1.81. The fraction of sp³-hybridized carbons (Fsp3) is 0.133. The first-order valence-corrected chi connectivity index (χ1v) is 7.19. The minimum absolute atomic E-state index is 0.0817. The topological polar surface area (TPSA) is 40.5 Å². The molecule has 20 heavy (non-hydrogen) atoms. The van der Waals surface area contributed by atoms with Gasteiger partial charge in [-0.3, -0.25) is 4.79 Å². The molecule has 1 N–H and O–H groups in total. The van der Waals surface area contributed by atoms with Crippen molar-refractivity contribution in [2.24, 2.45) is 0 Å². The van der Waals surface area contributed by atoms with Crippen LogP contribution in [0.15, 0.2) is 53.0 Å². The first-order valence-electron chi connectivity index (χ1n) is 6.02. The standard InChI is InChI=1S/C15H13BrClNO2/c16-14-7-2-1-4-11(14)9-18(10-15(19)20)13-6-3-5-12(17)8-13/h1-8H,9-10H2,(H,19,20). The Morgan fingerprint density at radius 1 is 1.20 bits per heavy atom. The van der Waals surface area contributed by atoms with Gasteiger partial charge in [-0.05, 0) is 29.8 Å². The van der Waals surface area contributed by atoms with Gasteiger partial charge in [-0.25, -0.2) is 0 Å². The van der Waals surface area contributed by atoms with Crippen LogP contribution in [0.3, 0.4) is 0 Å². The summed E-state index contributed by atoms with van der Waals surface area (Å²) in [6.45, 7) is 0.412. The maximum absolute atomic E-state index is 11.1. The molecule has 3 nitrogen and oxygen atoms in total. The molecular weight excluding hydrogens is 342 g/mol. The molecule has 5 heteroatoms. The third-order valence-electron chi connectivity index (χ3n) is 2.82. The van der Waals surface area contributed by atoms with E-state index in [0.29, 0.717) is 11.6 Å². The highest BCUT2D eigenvalue weighted by Gasteiger charge is 2.13. The molecule has 0 amide bonds. The molecule has 0 radical (unpaired) electrons. The summed E-state index contributed by atoms with van der Waals surface area (Å²) < 4.78 is 0.956. The third kappa shape index (κ3) is 3.99. The molecule has 0 aliphatic carbocycles. The van der Waals surface area contributed by atoms with Gasteiger partial charge in [0.2, 0.25) is 0 Å². The van der Waals surface area contributed by atoms with E-state index in [-0.39, 0.29) is 6.54 Å². The molecule has 0 unspecified atom stereocenters. The second-order valence-corrected chi connectivity index (χ2v) is 5.61. The molecule has 0 aliphatic heterocycles. The van der Waals surface area contributed by atoms with Gasteiger partial charge in [0.15, 0.2) is 0 Å². The zero-order chi connectivity index (χ0) is 14.5. The van der Waals surface area contributed by atoms with Crippen molar-refractivity contribution in [1.82, 2.24) is 0 Å². The molecule has 0 heterocycles. The summed E-state index contributed by atoms with van der Waals surface area (Å²) in [6.07, 6.45) is 0. The lowest BCUT2D eigenvalue weighted by atomic mass is 10.2. The second-order valence-electron chi connectivity index (χ2n) is 4.32. The Bertz CT molecular complexity index is 618. The van der Waals surface area contributed by atoms with Crippen molar-refractivity contribution in [3.05, 3.63) is 63.6 Å². The van der Waals surface area contributed by atoms with E-state index in [2.05, 4.69) is 15.9 Å². The van der Waals surface area contributed by atoms with Crippen LogP contribution in [0.2, 0.25) is 5.02 Å². The Morgan fingerprint density at radius 2 is 1.95 bits per heavy atom. The van der Waals surface area contributed by atoms with Crippen LogP contribution in [0, 0.1) is 0 Å². The number of rotatable bonds is 5. The maximum atomic E-state index is 11.1. The molecule has 0 bridgehead atoms. The Balaban J connectivity index is 2.29. The number of carboxylic acid groups (broad SMARTS) is 1. The molecule has 2 rings (SSSR count). The SMILES string of the molecule is O=C(O)CN(Cc1ccccc1Br)c1cccc(Cl)c1. The lowest BCUT2D eigenvalue weighted by molar-refractivity contribution is -0.135. The first kappa shape index (κ1) is 14.9. The average Bonchev–Trinajstić information content (AvgIpc) is 2.40. The highest BCUT2D eigenvalue weighted by molar-refractivity contribution is 9.10. The number of hydrogen-bond acceptors (Lipinski definition) is 2. The zero-order valence-corrected chi connectivity index (χ0v) is 12.9. The fourth-order valence-corrected chi connectivity index (χ4v) is 2.50. The number of benzene rings is 2. The summed E-state index contributed by atoms with van der Waals surface area (Å²) in [6, 6.07) is 14.9.